The molecule has 0 spiro atoms. The second-order valence-electron chi connectivity index (χ2n) is 3.08. The first-order valence-corrected chi connectivity index (χ1v) is 5.40. The summed E-state index contributed by atoms with van der Waals surface area (Å²) in [4.78, 5) is 20.4. The van der Waals surface area contributed by atoms with Crippen LogP contribution in [0.3, 0.4) is 0 Å². The van der Waals surface area contributed by atoms with Gasteiger partial charge in [-0.3, -0.25) is 9.59 Å². The molecule has 0 aromatic heterocycles. The van der Waals surface area contributed by atoms with Gasteiger partial charge in [0.25, 0.3) is 0 Å². The maximum absolute atomic E-state index is 10.4. The fourth-order valence-corrected chi connectivity index (χ4v) is 0.969. The summed E-state index contributed by atoms with van der Waals surface area (Å²) >= 11 is 0. The molecular formula is C13H18O3. The number of rotatable bonds is 4. The minimum atomic E-state index is -0.0880. The summed E-state index contributed by atoms with van der Waals surface area (Å²) in [6.45, 7) is 4.27. The van der Waals surface area contributed by atoms with E-state index in [1.54, 1.807) is 12.1 Å². The van der Waals surface area contributed by atoms with Crippen molar-refractivity contribution in [3.05, 3.63) is 35.9 Å². The molecule has 3 nitrogen and oxygen atoms in total. The molecule has 0 saturated carbocycles. The van der Waals surface area contributed by atoms with Crippen molar-refractivity contribution >= 4 is 12.3 Å². The molecule has 0 amide bonds. The van der Waals surface area contributed by atoms with Crippen LogP contribution in [0.25, 0.3) is 0 Å². The Hall–Kier alpha value is -1.64. The predicted octanol–water partition coefficient (Wildman–Crippen LogP) is 2.85. The highest BCUT2D eigenvalue weighted by molar-refractivity contribution is 5.74. The van der Waals surface area contributed by atoms with Crippen molar-refractivity contribution in [2.24, 2.45) is 0 Å². The van der Waals surface area contributed by atoms with Gasteiger partial charge in [-0.15, -0.1) is 0 Å². The van der Waals surface area contributed by atoms with Crippen LogP contribution in [0.5, 0.6) is 0 Å². The van der Waals surface area contributed by atoms with Gasteiger partial charge in [0, 0.05) is 12.0 Å². The standard InChI is InChI=1S/C7H6O.C6H12O2/c8-6-7-4-2-1-3-5-7;1-3-5-6(7)8-4-2/h1-6H;3-5H2,1-2H3. The van der Waals surface area contributed by atoms with Crippen LogP contribution in [-0.4, -0.2) is 18.9 Å². The van der Waals surface area contributed by atoms with E-state index in [0.717, 1.165) is 18.3 Å². The first-order chi connectivity index (χ1) is 7.74. The van der Waals surface area contributed by atoms with Gasteiger partial charge in [-0.1, -0.05) is 37.3 Å². The molecule has 1 rings (SSSR count). The number of aldehydes is 1. The van der Waals surface area contributed by atoms with Gasteiger partial charge >= 0.3 is 5.97 Å². The molecule has 1 aromatic rings. The van der Waals surface area contributed by atoms with Crippen LogP contribution in [0, 0.1) is 0 Å². The number of hydrogen-bond acceptors (Lipinski definition) is 3. The molecule has 0 aliphatic rings. The zero-order valence-electron chi connectivity index (χ0n) is 9.81. The summed E-state index contributed by atoms with van der Waals surface area (Å²) in [6, 6.07) is 9.10. The van der Waals surface area contributed by atoms with Gasteiger partial charge in [-0.05, 0) is 13.3 Å². The summed E-state index contributed by atoms with van der Waals surface area (Å²) in [5, 5.41) is 0. The van der Waals surface area contributed by atoms with Crippen LogP contribution in [0.2, 0.25) is 0 Å². The third-order valence-corrected chi connectivity index (χ3v) is 1.70. The molecule has 0 radical (unpaired) electrons. The van der Waals surface area contributed by atoms with Gasteiger partial charge in [0.1, 0.15) is 6.29 Å². The molecule has 0 bridgehead atoms. The maximum atomic E-state index is 10.4. The van der Waals surface area contributed by atoms with E-state index in [-0.39, 0.29) is 5.97 Å². The lowest BCUT2D eigenvalue weighted by molar-refractivity contribution is -0.143. The largest absolute Gasteiger partial charge is 0.466 e. The Labute approximate surface area is 96.4 Å². The van der Waals surface area contributed by atoms with Crippen LogP contribution >= 0.6 is 0 Å². The smallest absolute Gasteiger partial charge is 0.305 e. The number of ether oxygens (including phenoxy) is 1. The number of hydrogen-bond donors (Lipinski definition) is 0. The first kappa shape index (κ1) is 14.4. The van der Waals surface area contributed by atoms with E-state index in [9.17, 15) is 9.59 Å². The Bertz CT molecular complexity index is 285. The maximum Gasteiger partial charge on any atom is 0.305 e. The summed E-state index contributed by atoms with van der Waals surface area (Å²) in [5.74, 6) is -0.0880. The number of benzene rings is 1. The molecule has 0 fully saturated rings. The lowest BCUT2D eigenvalue weighted by Crippen LogP contribution is -2.01. The molecule has 0 aliphatic heterocycles. The average molecular weight is 222 g/mol. The molecular weight excluding hydrogens is 204 g/mol. The lowest BCUT2D eigenvalue weighted by atomic mass is 10.2. The fraction of sp³-hybridized carbons (Fsp3) is 0.385. The molecule has 3 heteroatoms. The molecule has 0 N–H and O–H groups in total. The van der Waals surface area contributed by atoms with E-state index in [0.29, 0.717) is 13.0 Å². The molecule has 0 unspecified atom stereocenters. The summed E-state index contributed by atoms with van der Waals surface area (Å²) in [5.41, 5.74) is 0.729. The average Bonchev–Trinajstić information content (AvgIpc) is 2.32. The zero-order chi connectivity index (χ0) is 12.2. The van der Waals surface area contributed by atoms with Gasteiger partial charge in [0.15, 0.2) is 0 Å². The summed E-state index contributed by atoms with van der Waals surface area (Å²) in [6.07, 6.45) is 2.26. The SMILES string of the molecule is CCCC(=O)OCC.O=Cc1ccccc1. The third kappa shape index (κ3) is 7.74. The van der Waals surface area contributed by atoms with Gasteiger partial charge in [-0.25, -0.2) is 0 Å². The van der Waals surface area contributed by atoms with Crippen molar-refractivity contribution in [2.75, 3.05) is 6.61 Å². The van der Waals surface area contributed by atoms with Crippen molar-refractivity contribution in [2.45, 2.75) is 26.7 Å². The predicted molar refractivity (Wildman–Crippen MR) is 63.4 cm³/mol. The quantitative estimate of drug-likeness (QED) is 0.581. The van der Waals surface area contributed by atoms with Crippen LogP contribution in [0.15, 0.2) is 30.3 Å². The first-order valence-electron chi connectivity index (χ1n) is 5.40. The molecule has 0 saturated heterocycles. The Kier molecular flexibility index (Phi) is 8.88. The number of esters is 1. The number of carbonyl (C=O) groups is 2. The molecule has 0 aliphatic carbocycles. The normalized spacial score (nSPS) is 8.62. The zero-order valence-corrected chi connectivity index (χ0v) is 9.81. The second kappa shape index (κ2) is 9.90. The summed E-state index contributed by atoms with van der Waals surface area (Å²) in [7, 11) is 0. The Balaban J connectivity index is 0.000000281. The van der Waals surface area contributed by atoms with Crippen LogP contribution in [-0.2, 0) is 9.53 Å². The van der Waals surface area contributed by atoms with E-state index in [2.05, 4.69) is 4.74 Å². The molecule has 0 atom stereocenters. The Morgan fingerprint density at radius 3 is 2.25 bits per heavy atom. The fourth-order valence-electron chi connectivity index (χ4n) is 0.969. The molecule has 88 valence electrons. The highest BCUT2D eigenvalue weighted by Gasteiger charge is 1.95. The monoisotopic (exact) mass is 222 g/mol. The second-order valence-corrected chi connectivity index (χ2v) is 3.08. The van der Waals surface area contributed by atoms with E-state index in [1.807, 2.05) is 32.0 Å². The molecule has 16 heavy (non-hydrogen) atoms. The van der Waals surface area contributed by atoms with Crippen LogP contribution in [0.4, 0.5) is 0 Å². The summed E-state index contributed by atoms with van der Waals surface area (Å²) < 4.78 is 4.64. The van der Waals surface area contributed by atoms with Crippen molar-refractivity contribution in [1.29, 1.82) is 0 Å². The lowest BCUT2D eigenvalue weighted by Gasteiger charge is -1.96. The minimum Gasteiger partial charge on any atom is -0.466 e. The number of carbonyl (C=O) groups excluding carboxylic acids is 2. The van der Waals surface area contributed by atoms with Gasteiger partial charge < -0.3 is 4.74 Å². The van der Waals surface area contributed by atoms with Crippen molar-refractivity contribution in [3.63, 3.8) is 0 Å². The third-order valence-electron chi connectivity index (χ3n) is 1.70. The van der Waals surface area contributed by atoms with Gasteiger partial charge in [0.05, 0.1) is 6.61 Å². The van der Waals surface area contributed by atoms with E-state index >= 15 is 0 Å². The van der Waals surface area contributed by atoms with Crippen molar-refractivity contribution in [3.8, 4) is 0 Å². The van der Waals surface area contributed by atoms with Crippen LogP contribution < -0.4 is 0 Å². The van der Waals surface area contributed by atoms with Gasteiger partial charge in [0.2, 0.25) is 0 Å². The highest BCUT2D eigenvalue weighted by Crippen LogP contribution is 1.91. The Morgan fingerprint density at radius 2 is 1.88 bits per heavy atom. The van der Waals surface area contributed by atoms with E-state index in [1.165, 1.54) is 0 Å². The Morgan fingerprint density at radius 1 is 1.25 bits per heavy atom. The topological polar surface area (TPSA) is 43.4 Å². The van der Waals surface area contributed by atoms with Crippen molar-refractivity contribution < 1.29 is 14.3 Å². The van der Waals surface area contributed by atoms with Crippen molar-refractivity contribution in [1.82, 2.24) is 0 Å². The minimum absolute atomic E-state index is 0.0880. The molecule has 0 heterocycles. The van der Waals surface area contributed by atoms with E-state index in [4.69, 9.17) is 0 Å². The highest BCUT2D eigenvalue weighted by atomic mass is 16.5. The van der Waals surface area contributed by atoms with E-state index < -0.39 is 0 Å². The van der Waals surface area contributed by atoms with Crippen LogP contribution in [0.1, 0.15) is 37.0 Å². The van der Waals surface area contributed by atoms with Gasteiger partial charge in [-0.2, -0.15) is 0 Å². The molecule has 1 aromatic carbocycles.